The molecule has 8 nitrogen and oxygen atoms in total. The zero-order valence-electron chi connectivity index (χ0n) is 15.4. The van der Waals surface area contributed by atoms with Crippen LogP contribution >= 0.6 is 0 Å². The van der Waals surface area contributed by atoms with E-state index in [-0.39, 0.29) is 31.2 Å². The molecule has 150 valence electrons. The van der Waals surface area contributed by atoms with Gasteiger partial charge >= 0.3 is 5.69 Å². The fourth-order valence-corrected chi connectivity index (χ4v) is 3.15. The van der Waals surface area contributed by atoms with E-state index in [4.69, 9.17) is 15.2 Å². The zero-order valence-corrected chi connectivity index (χ0v) is 15.4. The van der Waals surface area contributed by atoms with Gasteiger partial charge in [0.1, 0.15) is 5.82 Å². The zero-order chi connectivity index (χ0) is 20.5. The second-order valence-electron chi connectivity index (χ2n) is 6.45. The molecule has 0 amide bonds. The number of aromatic amines is 1. The second-order valence-corrected chi connectivity index (χ2v) is 6.45. The third-order valence-corrected chi connectivity index (χ3v) is 4.60. The quantitative estimate of drug-likeness (QED) is 0.679. The van der Waals surface area contributed by atoms with Crippen molar-refractivity contribution >= 4 is 0 Å². The number of halogens is 2. The molecule has 1 aliphatic heterocycles. The molecular weight excluding hydrogens is 384 g/mol. The summed E-state index contributed by atoms with van der Waals surface area (Å²) in [5.41, 5.74) is 7.25. The first kappa shape index (κ1) is 18.8. The highest BCUT2D eigenvalue weighted by Gasteiger charge is 2.18. The molecule has 1 aromatic carbocycles. The molecule has 1 aliphatic rings. The summed E-state index contributed by atoms with van der Waals surface area (Å²) in [7, 11) is 0. The number of nitrogens with one attached hydrogen (secondary N) is 1. The summed E-state index contributed by atoms with van der Waals surface area (Å²) in [6, 6.07) is 7.23. The van der Waals surface area contributed by atoms with Crippen LogP contribution in [-0.2, 0) is 6.42 Å². The van der Waals surface area contributed by atoms with Crippen LogP contribution in [0, 0.1) is 6.92 Å². The van der Waals surface area contributed by atoms with Crippen molar-refractivity contribution in [2.24, 2.45) is 5.73 Å². The minimum Gasteiger partial charge on any atom is -0.454 e. The first-order valence-corrected chi connectivity index (χ1v) is 8.74. The van der Waals surface area contributed by atoms with Gasteiger partial charge in [-0.05, 0) is 36.8 Å². The molecular formula is C19H17F2N5O3. The largest absolute Gasteiger partial charge is 0.454 e. The number of aromatic nitrogens is 4. The Morgan fingerprint density at radius 1 is 1.28 bits per heavy atom. The molecule has 0 aliphatic carbocycles. The van der Waals surface area contributed by atoms with Crippen molar-refractivity contribution in [1.29, 1.82) is 0 Å². The molecule has 10 heteroatoms. The maximum Gasteiger partial charge on any atom is 0.348 e. The fraction of sp³-hybridized carbons (Fsp3) is 0.211. The molecule has 0 atom stereocenters. The van der Waals surface area contributed by atoms with Crippen molar-refractivity contribution in [3.63, 3.8) is 0 Å². The van der Waals surface area contributed by atoms with E-state index < -0.39 is 11.8 Å². The number of benzene rings is 1. The third kappa shape index (κ3) is 3.49. The number of fused-ring (bicyclic) bond motifs is 1. The first-order chi connectivity index (χ1) is 14.0. The summed E-state index contributed by atoms with van der Waals surface area (Å²) in [5.74, 6) is 1.43. The van der Waals surface area contributed by atoms with Crippen molar-refractivity contribution in [2.45, 2.75) is 13.3 Å². The van der Waals surface area contributed by atoms with Gasteiger partial charge in [0.15, 0.2) is 11.5 Å². The van der Waals surface area contributed by atoms with Crippen LogP contribution in [0.3, 0.4) is 0 Å². The maximum atomic E-state index is 13.0. The lowest BCUT2D eigenvalue weighted by Gasteiger charge is -2.11. The normalized spacial score (nSPS) is 12.3. The monoisotopic (exact) mass is 401 g/mol. The minimum atomic E-state index is -1.87. The van der Waals surface area contributed by atoms with Crippen molar-refractivity contribution in [2.75, 3.05) is 13.3 Å². The first-order valence-electron chi connectivity index (χ1n) is 8.74. The predicted octanol–water partition coefficient (Wildman–Crippen LogP) is 2.31. The van der Waals surface area contributed by atoms with E-state index in [0.717, 1.165) is 11.1 Å². The van der Waals surface area contributed by atoms with Gasteiger partial charge in [0.05, 0.1) is 17.6 Å². The maximum absolute atomic E-state index is 13.0. The molecule has 0 spiro atoms. The second kappa shape index (κ2) is 7.47. The van der Waals surface area contributed by atoms with Crippen LogP contribution in [-0.4, -0.2) is 33.1 Å². The van der Waals surface area contributed by atoms with Crippen LogP contribution < -0.4 is 20.9 Å². The molecule has 3 heterocycles. The number of rotatable bonds is 5. The minimum absolute atomic E-state index is 0.125. The van der Waals surface area contributed by atoms with Crippen molar-refractivity contribution < 1.29 is 18.3 Å². The summed E-state index contributed by atoms with van der Waals surface area (Å²) in [6.45, 7) is 1.69. The van der Waals surface area contributed by atoms with Gasteiger partial charge in [0, 0.05) is 24.1 Å². The van der Waals surface area contributed by atoms with E-state index in [1.54, 1.807) is 12.1 Å². The Morgan fingerprint density at radius 3 is 2.79 bits per heavy atom. The third-order valence-electron chi connectivity index (χ3n) is 4.60. The Morgan fingerprint density at radius 2 is 2.07 bits per heavy atom. The van der Waals surface area contributed by atoms with E-state index in [1.807, 2.05) is 19.1 Å². The molecule has 0 saturated carbocycles. The van der Waals surface area contributed by atoms with Gasteiger partial charge in [-0.1, -0.05) is 0 Å². The summed E-state index contributed by atoms with van der Waals surface area (Å²) in [4.78, 5) is 16.7. The smallest absolute Gasteiger partial charge is 0.348 e. The van der Waals surface area contributed by atoms with E-state index in [0.29, 0.717) is 22.9 Å². The van der Waals surface area contributed by atoms with Gasteiger partial charge in [0.2, 0.25) is 6.79 Å². The van der Waals surface area contributed by atoms with E-state index in [2.05, 4.69) is 15.2 Å². The van der Waals surface area contributed by atoms with Gasteiger partial charge in [-0.15, -0.1) is 0 Å². The Hall–Kier alpha value is -3.53. The Labute approximate surface area is 163 Å². The van der Waals surface area contributed by atoms with Crippen LogP contribution in [0.1, 0.15) is 11.4 Å². The molecule has 0 saturated heterocycles. The number of nitrogens with zero attached hydrogens (tertiary/aromatic N) is 3. The topological polar surface area (TPSA) is 108 Å². The predicted molar refractivity (Wildman–Crippen MR) is 100 cm³/mol. The van der Waals surface area contributed by atoms with Gasteiger partial charge in [-0.2, -0.15) is 13.9 Å². The number of pyridine rings is 1. The Bertz CT molecular complexity index is 1160. The number of ether oxygens (including phenoxy) is 2. The molecule has 0 fully saturated rings. The fourth-order valence-electron chi connectivity index (χ4n) is 3.15. The highest BCUT2D eigenvalue weighted by molar-refractivity contribution is 5.67. The van der Waals surface area contributed by atoms with Crippen LogP contribution in [0.4, 0.5) is 8.78 Å². The summed E-state index contributed by atoms with van der Waals surface area (Å²) in [6.07, 6.45) is -0.632. The number of hydrogen-bond donors (Lipinski definition) is 2. The average molecular weight is 401 g/mol. The van der Waals surface area contributed by atoms with Gasteiger partial charge in [0.25, 0.3) is 6.08 Å². The lowest BCUT2D eigenvalue weighted by molar-refractivity contribution is 0.174. The van der Waals surface area contributed by atoms with Crippen molar-refractivity contribution in [1.82, 2.24) is 19.7 Å². The summed E-state index contributed by atoms with van der Waals surface area (Å²) < 4.78 is 37.9. The van der Waals surface area contributed by atoms with Gasteiger partial charge in [-0.3, -0.25) is 4.98 Å². The van der Waals surface area contributed by atoms with E-state index >= 15 is 0 Å². The van der Waals surface area contributed by atoms with E-state index in [1.165, 1.54) is 10.8 Å². The number of aryl methyl sites for hydroxylation is 1. The Balaban J connectivity index is 1.71. The summed E-state index contributed by atoms with van der Waals surface area (Å²) >= 11 is 0. The van der Waals surface area contributed by atoms with Gasteiger partial charge in [-0.25, -0.2) is 14.5 Å². The molecule has 2 aromatic heterocycles. The number of H-pyrrole nitrogens is 1. The summed E-state index contributed by atoms with van der Waals surface area (Å²) in [5, 5.41) is 6.15. The highest BCUT2D eigenvalue weighted by Crippen LogP contribution is 2.36. The molecule has 3 aromatic rings. The van der Waals surface area contributed by atoms with Crippen LogP contribution in [0.15, 0.2) is 46.9 Å². The molecule has 0 unspecified atom stereocenters. The molecule has 4 rings (SSSR count). The number of hydrogen-bond acceptors (Lipinski definition) is 6. The van der Waals surface area contributed by atoms with Crippen molar-refractivity contribution in [3.8, 4) is 28.4 Å². The average Bonchev–Trinajstić information content (AvgIpc) is 3.31. The Kier molecular flexibility index (Phi) is 4.85. The molecule has 0 radical (unpaired) electrons. The lowest BCUT2D eigenvalue weighted by Crippen LogP contribution is -2.19. The van der Waals surface area contributed by atoms with Crippen LogP contribution in [0.5, 0.6) is 11.5 Å². The standard InChI is InChI=1S/C19H17F2N5O3/c1-10-4-13(26-16(24-25-19(26)27)6-12(7-22)18(20)21)8-23-17(10)11-2-3-14-15(5-11)29-9-28-14/h2-5,8H,6-7,9,22H2,1H3,(H,25,27). The molecule has 3 N–H and O–H groups in total. The SMILES string of the molecule is Cc1cc(-n2c(CC(CN)=C(F)F)n[nH]c2=O)cnc1-c1ccc2c(c1)OCO2. The lowest BCUT2D eigenvalue weighted by atomic mass is 10.1. The van der Waals surface area contributed by atoms with Crippen LogP contribution in [0.25, 0.3) is 16.9 Å². The van der Waals surface area contributed by atoms with Crippen molar-refractivity contribution in [3.05, 3.63) is 64.0 Å². The molecule has 0 bridgehead atoms. The van der Waals surface area contributed by atoms with Gasteiger partial charge < -0.3 is 15.2 Å². The highest BCUT2D eigenvalue weighted by atomic mass is 19.3. The van der Waals surface area contributed by atoms with Crippen LogP contribution in [0.2, 0.25) is 0 Å². The number of nitrogens with two attached hydrogens (primary N) is 1. The van der Waals surface area contributed by atoms with E-state index in [9.17, 15) is 13.6 Å². The molecule has 29 heavy (non-hydrogen) atoms.